The Morgan fingerprint density at radius 2 is 1.05 bits per heavy atom. The first-order chi connectivity index (χ1) is 34.7. The number of carboxylic acids is 3. The molecule has 27 nitrogen and oxygen atoms in total. The molecule has 1 aromatic carbocycles. The van der Waals surface area contributed by atoms with E-state index in [1.54, 1.807) is 50.4 Å². The van der Waals surface area contributed by atoms with Crippen molar-refractivity contribution in [3.05, 3.63) is 35.9 Å². The number of primary amides is 1. The van der Waals surface area contributed by atoms with Crippen molar-refractivity contribution in [2.75, 3.05) is 18.6 Å². The van der Waals surface area contributed by atoms with E-state index in [1.165, 1.54) is 18.7 Å². The molecule has 0 unspecified atom stereocenters. The SMILES string of the molecule is CSCC[C@H](NC(=O)[C@@H](N)CCCCN)C(=O)N[C@@H](CC(=O)O)C(=O)N[C@@H](CCC(=O)O)C(=O)N[C@@H](Cc1ccccc1)C(=O)N[C@@H](CC(N)=O)C(=O)N[C@@H](C)C(=O)N[C@@H](CC(C)C)C(=O)N[C@H](C(=O)O)[C@@H](C)O. The Hall–Kier alpha value is -6.91. The van der Waals surface area contributed by atoms with Gasteiger partial charge in [0.25, 0.3) is 0 Å². The standard InChI is InChI=1S/C46H73N11O16S/c1-23(2)19-30(45(71)57-37(25(4)58)46(72)73)53-38(64)24(3)50-42(68)32(21-34(49)59)55-43(69)31(20-26-11-7-6-8-12-26)54-40(66)28(14-15-35(60)61)52-44(70)33(22-36(62)63)56-41(67)29(16-18-74-5)51-39(65)27(48)13-9-10-17-47/h6-8,11-12,23-25,27-33,37,58H,9-10,13-22,47-48H2,1-5H3,(H2,49,59)(H,50,68)(H,51,65)(H,52,70)(H,53,64)(H,54,66)(H,55,69)(H,56,67)(H,57,71)(H,60,61)(H,62,63)(H,72,73)/t24-,25+,27-,28-,29-,30-,31-,32-,33-,37-/m0/s1. The average Bonchev–Trinajstić information content (AvgIpc) is 3.31. The zero-order valence-electron chi connectivity index (χ0n) is 42.1. The Balaban J connectivity index is 3.50. The number of aliphatic hydroxyl groups is 1. The summed E-state index contributed by atoms with van der Waals surface area (Å²) in [6.45, 7) is 6.11. The Morgan fingerprint density at radius 3 is 1.57 bits per heavy atom. The Bertz CT molecular complexity index is 2100. The minimum Gasteiger partial charge on any atom is -0.481 e. The highest BCUT2D eigenvalue weighted by atomic mass is 32.2. The van der Waals surface area contributed by atoms with Crippen molar-refractivity contribution < 1.29 is 78.0 Å². The van der Waals surface area contributed by atoms with Gasteiger partial charge in [-0.1, -0.05) is 50.6 Å². The van der Waals surface area contributed by atoms with Crippen LogP contribution in [-0.4, -0.2) is 171 Å². The number of aliphatic hydroxyl groups excluding tert-OH is 1. The summed E-state index contributed by atoms with van der Waals surface area (Å²) >= 11 is 1.32. The third-order valence-electron chi connectivity index (χ3n) is 10.9. The van der Waals surface area contributed by atoms with E-state index in [9.17, 15) is 78.0 Å². The summed E-state index contributed by atoms with van der Waals surface area (Å²) in [5, 5.41) is 57.2. The zero-order chi connectivity index (χ0) is 56.2. The van der Waals surface area contributed by atoms with Crippen LogP contribution in [0.4, 0.5) is 0 Å². The maximum absolute atomic E-state index is 14.1. The number of carbonyl (C=O) groups excluding carboxylic acids is 9. The molecule has 0 fully saturated rings. The topological polar surface area (TPSA) is 460 Å². The van der Waals surface area contributed by atoms with Crippen LogP contribution in [0.3, 0.4) is 0 Å². The molecule has 10 atom stereocenters. The Kier molecular flexibility index (Phi) is 29.7. The van der Waals surface area contributed by atoms with E-state index in [2.05, 4.69) is 42.5 Å². The van der Waals surface area contributed by atoms with E-state index in [1.807, 2.05) is 0 Å². The molecule has 0 aliphatic rings. The summed E-state index contributed by atoms with van der Waals surface area (Å²) < 4.78 is 0. The number of unbranched alkanes of at least 4 members (excludes halogenated alkanes) is 1. The molecular formula is C46H73N11O16S. The van der Waals surface area contributed by atoms with Gasteiger partial charge in [0.2, 0.25) is 53.2 Å². The number of nitrogens with one attached hydrogen (secondary N) is 8. The van der Waals surface area contributed by atoms with Crippen LogP contribution in [0.5, 0.6) is 0 Å². The molecule has 0 aromatic heterocycles. The number of carbonyl (C=O) groups is 12. The highest BCUT2D eigenvalue weighted by molar-refractivity contribution is 7.98. The molecule has 0 spiro atoms. The highest BCUT2D eigenvalue weighted by Crippen LogP contribution is 2.11. The number of aliphatic carboxylic acids is 3. The van der Waals surface area contributed by atoms with Gasteiger partial charge in [-0.3, -0.25) is 52.7 Å². The highest BCUT2D eigenvalue weighted by Gasteiger charge is 2.36. The van der Waals surface area contributed by atoms with Crippen molar-refractivity contribution >= 4 is 82.8 Å². The van der Waals surface area contributed by atoms with Crippen LogP contribution in [0.15, 0.2) is 30.3 Å². The number of rotatable bonds is 36. The lowest BCUT2D eigenvalue weighted by Gasteiger charge is -2.27. The predicted octanol–water partition coefficient (Wildman–Crippen LogP) is -3.94. The number of hydrogen-bond donors (Lipinski definition) is 15. The van der Waals surface area contributed by atoms with Gasteiger partial charge in [0.15, 0.2) is 6.04 Å². The largest absolute Gasteiger partial charge is 0.481 e. The van der Waals surface area contributed by atoms with Crippen molar-refractivity contribution in [1.82, 2.24) is 42.5 Å². The lowest BCUT2D eigenvalue weighted by molar-refractivity contribution is -0.145. The minimum absolute atomic E-state index is 0.00782. The number of carboxylic acid groups (broad SMARTS) is 3. The van der Waals surface area contributed by atoms with Crippen LogP contribution in [0.2, 0.25) is 0 Å². The summed E-state index contributed by atoms with van der Waals surface area (Å²) in [6.07, 6.45) is -2.00. The predicted molar refractivity (Wildman–Crippen MR) is 267 cm³/mol. The number of thioether (sulfide) groups is 1. The third kappa shape index (κ3) is 25.2. The lowest BCUT2D eigenvalue weighted by atomic mass is 10.0. The van der Waals surface area contributed by atoms with Gasteiger partial charge in [0.05, 0.1) is 25.0 Å². The van der Waals surface area contributed by atoms with E-state index in [4.69, 9.17) is 17.2 Å². The number of benzene rings is 1. The van der Waals surface area contributed by atoms with Gasteiger partial charge in [0, 0.05) is 12.8 Å². The molecule has 18 N–H and O–H groups in total. The quantitative estimate of drug-likeness (QED) is 0.0285. The maximum atomic E-state index is 14.1. The molecular weight excluding hydrogens is 995 g/mol. The van der Waals surface area contributed by atoms with Crippen LogP contribution < -0.4 is 59.7 Å². The molecule has 1 aromatic rings. The Labute approximate surface area is 432 Å². The first-order valence-corrected chi connectivity index (χ1v) is 25.1. The van der Waals surface area contributed by atoms with E-state index in [0.29, 0.717) is 30.7 Å². The second-order valence-corrected chi connectivity index (χ2v) is 18.8. The molecule has 0 aliphatic carbocycles. The van der Waals surface area contributed by atoms with E-state index in [0.717, 1.165) is 6.92 Å². The first kappa shape index (κ1) is 65.1. The van der Waals surface area contributed by atoms with Crippen LogP contribution in [0, 0.1) is 5.92 Å². The van der Waals surface area contributed by atoms with Gasteiger partial charge >= 0.3 is 17.9 Å². The fourth-order valence-corrected chi connectivity index (χ4v) is 7.40. The average molecular weight is 1070 g/mol. The van der Waals surface area contributed by atoms with Crippen molar-refractivity contribution in [2.24, 2.45) is 23.1 Å². The number of hydrogen-bond acceptors (Lipinski definition) is 16. The molecule has 0 aliphatic heterocycles. The molecule has 0 radical (unpaired) electrons. The smallest absolute Gasteiger partial charge is 0.328 e. The molecule has 414 valence electrons. The second kappa shape index (κ2) is 33.7. The molecule has 0 heterocycles. The summed E-state index contributed by atoms with van der Waals surface area (Å²) in [5.74, 6) is -13.8. The van der Waals surface area contributed by atoms with Gasteiger partial charge in [-0.15, -0.1) is 0 Å². The first-order valence-electron chi connectivity index (χ1n) is 23.7. The van der Waals surface area contributed by atoms with Crippen LogP contribution in [-0.2, 0) is 64.0 Å². The molecule has 0 saturated heterocycles. The van der Waals surface area contributed by atoms with Crippen LogP contribution >= 0.6 is 11.8 Å². The van der Waals surface area contributed by atoms with E-state index in [-0.39, 0.29) is 31.6 Å². The molecule has 0 bridgehead atoms. The molecule has 9 amide bonds. The van der Waals surface area contributed by atoms with Crippen molar-refractivity contribution in [3.63, 3.8) is 0 Å². The van der Waals surface area contributed by atoms with Crippen LogP contribution in [0.1, 0.15) is 91.0 Å². The monoisotopic (exact) mass is 1070 g/mol. The molecule has 0 saturated carbocycles. The van der Waals surface area contributed by atoms with Gasteiger partial charge in [-0.2, -0.15) is 11.8 Å². The van der Waals surface area contributed by atoms with Crippen molar-refractivity contribution in [1.29, 1.82) is 0 Å². The summed E-state index contributed by atoms with van der Waals surface area (Å²) in [7, 11) is 0. The summed E-state index contributed by atoms with van der Waals surface area (Å²) in [6, 6.07) is -6.10. The van der Waals surface area contributed by atoms with Gasteiger partial charge < -0.3 is 80.2 Å². The fraction of sp³-hybridized carbons (Fsp3) is 0.609. The van der Waals surface area contributed by atoms with E-state index >= 15 is 0 Å². The zero-order valence-corrected chi connectivity index (χ0v) is 42.9. The molecule has 1 rings (SSSR count). The second-order valence-electron chi connectivity index (χ2n) is 17.9. The normalized spacial score (nSPS) is 15.1. The van der Waals surface area contributed by atoms with E-state index < -0.39 is 157 Å². The maximum Gasteiger partial charge on any atom is 0.328 e. The van der Waals surface area contributed by atoms with Gasteiger partial charge in [-0.05, 0) is 76.0 Å². The molecule has 28 heteroatoms. The van der Waals surface area contributed by atoms with Gasteiger partial charge in [0.1, 0.15) is 42.3 Å². The third-order valence-corrected chi connectivity index (χ3v) is 11.6. The number of nitrogens with two attached hydrogens (primary N) is 3. The summed E-state index contributed by atoms with van der Waals surface area (Å²) in [4.78, 5) is 156. The fourth-order valence-electron chi connectivity index (χ4n) is 6.92. The van der Waals surface area contributed by atoms with Gasteiger partial charge in [-0.25, -0.2) is 4.79 Å². The number of amides is 9. The lowest BCUT2D eigenvalue weighted by Crippen LogP contribution is -2.61. The Morgan fingerprint density at radius 1 is 0.568 bits per heavy atom. The van der Waals surface area contributed by atoms with Crippen LogP contribution in [0.25, 0.3) is 0 Å². The summed E-state index contributed by atoms with van der Waals surface area (Å²) in [5.41, 5.74) is 17.4. The van der Waals surface area contributed by atoms with Crippen molar-refractivity contribution in [2.45, 2.75) is 152 Å². The minimum atomic E-state index is -1.90. The molecule has 74 heavy (non-hydrogen) atoms. The van der Waals surface area contributed by atoms with Crippen molar-refractivity contribution in [3.8, 4) is 0 Å².